The summed E-state index contributed by atoms with van der Waals surface area (Å²) in [5, 5.41) is 9.14. The summed E-state index contributed by atoms with van der Waals surface area (Å²) in [6.07, 6.45) is -0.824. The van der Waals surface area contributed by atoms with Gasteiger partial charge in [0.05, 0.1) is 6.10 Å². The first-order chi connectivity index (χ1) is 6.09. The molecule has 0 spiro atoms. The van der Waals surface area contributed by atoms with Crippen LogP contribution < -0.4 is 4.74 Å². The van der Waals surface area contributed by atoms with Gasteiger partial charge in [0.25, 0.3) is 0 Å². The van der Waals surface area contributed by atoms with Crippen LogP contribution in [0.3, 0.4) is 0 Å². The van der Waals surface area contributed by atoms with Gasteiger partial charge in [-0.1, -0.05) is 0 Å². The molecular formula is C10H13FO2. The molecule has 0 aliphatic carbocycles. The second-order valence-electron chi connectivity index (χ2n) is 3.02. The molecule has 0 fully saturated rings. The molecule has 3 heteroatoms. The van der Waals surface area contributed by atoms with Crippen LogP contribution >= 0.6 is 0 Å². The van der Waals surface area contributed by atoms with Crippen LogP contribution in [0, 0.1) is 5.82 Å². The Morgan fingerprint density at radius 2 is 1.77 bits per heavy atom. The van der Waals surface area contributed by atoms with Crippen LogP contribution in [0.15, 0.2) is 24.3 Å². The first-order valence-electron chi connectivity index (χ1n) is 4.20. The molecule has 0 radical (unpaired) electrons. The van der Waals surface area contributed by atoms with Crippen LogP contribution in [0.5, 0.6) is 5.75 Å². The largest absolute Gasteiger partial charge is 0.488 e. The van der Waals surface area contributed by atoms with Crippen molar-refractivity contribution in [2.45, 2.75) is 26.1 Å². The normalized spacial score (nSPS) is 15.1. The fourth-order valence-electron chi connectivity index (χ4n) is 0.826. The number of hydrogen-bond acceptors (Lipinski definition) is 2. The third-order valence-electron chi connectivity index (χ3n) is 1.81. The number of aliphatic hydroxyl groups excluding tert-OH is 1. The molecule has 0 bridgehead atoms. The van der Waals surface area contributed by atoms with Gasteiger partial charge < -0.3 is 9.84 Å². The molecule has 13 heavy (non-hydrogen) atoms. The highest BCUT2D eigenvalue weighted by Gasteiger charge is 2.09. The summed E-state index contributed by atoms with van der Waals surface area (Å²) in [5.41, 5.74) is 0. The highest BCUT2D eigenvalue weighted by atomic mass is 19.1. The standard InChI is InChI=1S/C10H13FO2/c1-7(12)8(2)13-10-5-3-9(11)4-6-10/h3-8,12H,1-2H3. The summed E-state index contributed by atoms with van der Waals surface area (Å²) in [4.78, 5) is 0. The lowest BCUT2D eigenvalue weighted by atomic mass is 10.2. The second kappa shape index (κ2) is 4.23. The highest BCUT2D eigenvalue weighted by Crippen LogP contribution is 2.13. The molecule has 1 N–H and O–H groups in total. The maximum Gasteiger partial charge on any atom is 0.123 e. The van der Waals surface area contributed by atoms with E-state index in [4.69, 9.17) is 9.84 Å². The van der Waals surface area contributed by atoms with Gasteiger partial charge in [0, 0.05) is 0 Å². The SMILES string of the molecule is CC(O)C(C)Oc1ccc(F)cc1. The highest BCUT2D eigenvalue weighted by molar-refractivity contribution is 5.22. The van der Waals surface area contributed by atoms with Gasteiger partial charge in [0.1, 0.15) is 17.7 Å². The molecule has 0 heterocycles. The second-order valence-corrected chi connectivity index (χ2v) is 3.02. The van der Waals surface area contributed by atoms with E-state index >= 15 is 0 Å². The average Bonchev–Trinajstić information content (AvgIpc) is 2.08. The van der Waals surface area contributed by atoms with Crippen molar-refractivity contribution in [2.24, 2.45) is 0 Å². The quantitative estimate of drug-likeness (QED) is 0.778. The van der Waals surface area contributed by atoms with Crippen LogP contribution in [-0.2, 0) is 0 Å². The lowest BCUT2D eigenvalue weighted by molar-refractivity contribution is 0.0604. The van der Waals surface area contributed by atoms with Crippen molar-refractivity contribution in [1.29, 1.82) is 0 Å². The lowest BCUT2D eigenvalue weighted by Crippen LogP contribution is -2.25. The Kier molecular flexibility index (Phi) is 3.25. The number of hydrogen-bond donors (Lipinski definition) is 1. The van der Waals surface area contributed by atoms with Crippen LogP contribution in [0.1, 0.15) is 13.8 Å². The molecule has 1 rings (SSSR count). The Balaban J connectivity index is 2.59. The fourth-order valence-corrected chi connectivity index (χ4v) is 0.826. The molecule has 0 aliphatic heterocycles. The number of ether oxygens (including phenoxy) is 1. The van der Waals surface area contributed by atoms with Crippen molar-refractivity contribution in [3.63, 3.8) is 0 Å². The number of rotatable bonds is 3. The third-order valence-corrected chi connectivity index (χ3v) is 1.81. The van der Waals surface area contributed by atoms with Gasteiger partial charge in [0.2, 0.25) is 0 Å². The van der Waals surface area contributed by atoms with Gasteiger partial charge in [0.15, 0.2) is 0 Å². The van der Waals surface area contributed by atoms with Crippen LogP contribution in [0.2, 0.25) is 0 Å². The first kappa shape index (κ1) is 9.99. The van der Waals surface area contributed by atoms with Gasteiger partial charge in [-0.2, -0.15) is 0 Å². The first-order valence-corrected chi connectivity index (χ1v) is 4.20. The van der Waals surface area contributed by atoms with Crippen LogP contribution in [-0.4, -0.2) is 17.3 Å². The summed E-state index contributed by atoms with van der Waals surface area (Å²) >= 11 is 0. The summed E-state index contributed by atoms with van der Waals surface area (Å²) < 4.78 is 17.8. The summed E-state index contributed by atoms with van der Waals surface area (Å²) in [6.45, 7) is 3.40. The van der Waals surface area contributed by atoms with Gasteiger partial charge in [-0.25, -0.2) is 4.39 Å². The van der Waals surface area contributed by atoms with Gasteiger partial charge in [-0.3, -0.25) is 0 Å². The van der Waals surface area contributed by atoms with Crippen molar-refractivity contribution in [2.75, 3.05) is 0 Å². The molecule has 2 unspecified atom stereocenters. The van der Waals surface area contributed by atoms with E-state index in [1.807, 2.05) is 0 Å². The number of halogens is 1. The number of benzene rings is 1. The number of aliphatic hydroxyl groups is 1. The zero-order valence-corrected chi connectivity index (χ0v) is 7.70. The molecule has 2 nitrogen and oxygen atoms in total. The van der Waals surface area contributed by atoms with E-state index in [0.717, 1.165) is 0 Å². The molecule has 0 aromatic heterocycles. The van der Waals surface area contributed by atoms with Crippen molar-refractivity contribution < 1.29 is 14.2 Å². The smallest absolute Gasteiger partial charge is 0.123 e. The molecule has 0 amide bonds. The Hall–Kier alpha value is -1.09. The molecule has 1 aromatic carbocycles. The summed E-state index contributed by atoms with van der Waals surface area (Å²) in [7, 11) is 0. The van der Waals surface area contributed by atoms with Crippen molar-refractivity contribution in [3.8, 4) is 5.75 Å². The summed E-state index contributed by atoms with van der Waals surface area (Å²) in [5.74, 6) is 0.270. The van der Waals surface area contributed by atoms with Gasteiger partial charge in [-0.05, 0) is 38.1 Å². The Bertz CT molecular complexity index is 256. The topological polar surface area (TPSA) is 29.5 Å². The van der Waals surface area contributed by atoms with Crippen LogP contribution in [0.4, 0.5) is 4.39 Å². The Morgan fingerprint density at radius 1 is 1.23 bits per heavy atom. The van der Waals surface area contributed by atoms with E-state index < -0.39 is 6.10 Å². The lowest BCUT2D eigenvalue weighted by Gasteiger charge is -2.16. The molecular weight excluding hydrogens is 171 g/mol. The molecule has 2 atom stereocenters. The summed E-state index contributed by atoms with van der Waals surface area (Å²) in [6, 6.07) is 5.72. The third kappa shape index (κ3) is 3.03. The van der Waals surface area contributed by atoms with Crippen LogP contribution in [0.25, 0.3) is 0 Å². The minimum absolute atomic E-state index is 0.287. The van der Waals surface area contributed by atoms with E-state index in [9.17, 15) is 4.39 Å². The monoisotopic (exact) mass is 184 g/mol. The zero-order chi connectivity index (χ0) is 9.84. The minimum Gasteiger partial charge on any atom is -0.488 e. The zero-order valence-electron chi connectivity index (χ0n) is 7.70. The maximum atomic E-state index is 12.5. The predicted octanol–water partition coefficient (Wildman–Crippen LogP) is 1.97. The molecule has 0 aliphatic rings. The van der Waals surface area contributed by atoms with Crippen molar-refractivity contribution in [1.82, 2.24) is 0 Å². The molecule has 72 valence electrons. The fraction of sp³-hybridized carbons (Fsp3) is 0.400. The van der Waals surface area contributed by atoms with Gasteiger partial charge in [-0.15, -0.1) is 0 Å². The molecule has 1 aromatic rings. The van der Waals surface area contributed by atoms with E-state index in [0.29, 0.717) is 5.75 Å². The van der Waals surface area contributed by atoms with Crippen molar-refractivity contribution >= 4 is 0 Å². The Labute approximate surface area is 77.0 Å². The van der Waals surface area contributed by atoms with E-state index in [1.165, 1.54) is 24.3 Å². The Morgan fingerprint density at radius 3 is 2.23 bits per heavy atom. The predicted molar refractivity (Wildman–Crippen MR) is 48.2 cm³/mol. The van der Waals surface area contributed by atoms with Crippen molar-refractivity contribution in [3.05, 3.63) is 30.1 Å². The molecule has 0 saturated heterocycles. The van der Waals surface area contributed by atoms with E-state index in [-0.39, 0.29) is 11.9 Å². The van der Waals surface area contributed by atoms with E-state index in [2.05, 4.69) is 0 Å². The molecule has 0 saturated carbocycles. The maximum absolute atomic E-state index is 12.5. The van der Waals surface area contributed by atoms with E-state index in [1.54, 1.807) is 13.8 Å². The minimum atomic E-state index is -0.537. The van der Waals surface area contributed by atoms with Gasteiger partial charge >= 0.3 is 0 Å². The average molecular weight is 184 g/mol.